The Morgan fingerprint density at radius 1 is 1.32 bits per heavy atom. The van der Waals surface area contributed by atoms with Gasteiger partial charge in [-0.15, -0.1) is 0 Å². The Hall–Kier alpha value is -1.75. The van der Waals surface area contributed by atoms with E-state index in [4.69, 9.17) is 4.74 Å². The third-order valence-corrected chi connectivity index (χ3v) is 4.34. The first-order chi connectivity index (χ1) is 10.6. The molecule has 0 atom stereocenters. The SMILES string of the molecule is CCC(CC)(CO)NC(=O)Nc1ccccc1OCC1CC1. The van der Waals surface area contributed by atoms with E-state index in [1.807, 2.05) is 38.1 Å². The zero-order valence-corrected chi connectivity index (χ0v) is 13.4. The molecule has 0 bridgehead atoms. The van der Waals surface area contributed by atoms with Crippen molar-refractivity contribution in [2.75, 3.05) is 18.5 Å². The van der Waals surface area contributed by atoms with Crippen molar-refractivity contribution < 1.29 is 14.6 Å². The molecular weight excluding hydrogens is 280 g/mol. The highest BCUT2D eigenvalue weighted by Crippen LogP contribution is 2.31. The van der Waals surface area contributed by atoms with Gasteiger partial charge >= 0.3 is 6.03 Å². The fourth-order valence-corrected chi connectivity index (χ4v) is 2.27. The van der Waals surface area contributed by atoms with E-state index in [-0.39, 0.29) is 12.6 Å². The highest BCUT2D eigenvalue weighted by Gasteiger charge is 2.27. The second-order valence-electron chi connectivity index (χ2n) is 5.98. The van der Waals surface area contributed by atoms with Gasteiger partial charge in [0.05, 0.1) is 24.4 Å². The van der Waals surface area contributed by atoms with Crippen molar-refractivity contribution in [3.05, 3.63) is 24.3 Å². The highest BCUT2D eigenvalue weighted by molar-refractivity contribution is 5.91. The summed E-state index contributed by atoms with van der Waals surface area (Å²) in [6, 6.07) is 7.11. The third-order valence-electron chi connectivity index (χ3n) is 4.34. The standard InChI is InChI=1S/C17H26N2O3/c1-3-17(4-2,12-20)19-16(21)18-14-7-5-6-8-15(14)22-11-13-9-10-13/h5-8,13,20H,3-4,9-12H2,1-2H3,(H2,18,19,21). The Labute approximate surface area is 132 Å². The first-order valence-corrected chi connectivity index (χ1v) is 8.04. The number of anilines is 1. The topological polar surface area (TPSA) is 70.6 Å². The van der Waals surface area contributed by atoms with Gasteiger partial charge in [-0.2, -0.15) is 0 Å². The number of benzene rings is 1. The average Bonchev–Trinajstić information content (AvgIpc) is 3.36. The van der Waals surface area contributed by atoms with E-state index in [0.29, 0.717) is 36.8 Å². The molecule has 0 saturated heterocycles. The zero-order valence-electron chi connectivity index (χ0n) is 13.4. The molecule has 2 amide bonds. The Morgan fingerprint density at radius 2 is 2.00 bits per heavy atom. The van der Waals surface area contributed by atoms with Crippen molar-refractivity contribution in [2.45, 2.75) is 45.1 Å². The van der Waals surface area contributed by atoms with Gasteiger partial charge in [0.25, 0.3) is 0 Å². The molecule has 1 saturated carbocycles. The van der Waals surface area contributed by atoms with Crippen LogP contribution in [0.4, 0.5) is 10.5 Å². The maximum absolute atomic E-state index is 12.2. The van der Waals surface area contributed by atoms with Gasteiger partial charge in [-0.25, -0.2) is 4.79 Å². The van der Waals surface area contributed by atoms with Crippen molar-refractivity contribution in [3.8, 4) is 5.75 Å². The molecule has 0 radical (unpaired) electrons. The molecule has 3 N–H and O–H groups in total. The molecule has 1 fully saturated rings. The molecule has 2 rings (SSSR count). The lowest BCUT2D eigenvalue weighted by Gasteiger charge is -2.30. The zero-order chi connectivity index (χ0) is 16.0. The maximum atomic E-state index is 12.2. The number of hydrogen-bond donors (Lipinski definition) is 3. The molecule has 5 heteroatoms. The van der Waals surface area contributed by atoms with E-state index in [1.165, 1.54) is 12.8 Å². The number of aliphatic hydroxyl groups is 1. The molecule has 0 heterocycles. The van der Waals surface area contributed by atoms with Crippen LogP contribution < -0.4 is 15.4 Å². The summed E-state index contributed by atoms with van der Waals surface area (Å²) in [5.41, 5.74) is 0.0770. The first kappa shape index (κ1) is 16.6. The average molecular weight is 306 g/mol. The Bertz CT molecular complexity index is 488. The second-order valence-corrected chi connectivity index (χ2v) is 5.98. The number of hydrogen-bond acceptors (Lipinski definition) is 3. The molecule has 1 aliphatic carbocycles. The van der Waals surface area contributed by atoms with Crippen LogP contribution in [-0.4, -0.2) is 29.9 Å². The van der Waals surface area contributed by atoms with Crippen molar-refractivity contribution in [1.29, 1.82) is 0 Å². The van der Waals surface area contributed by atoms with E-state index in [9.17, 15) is 9.90 Å². The number of para-hydroxylation sites is 2. The Morgan fingerprint density at radius 3 is 2.59 bits per heavy atom. The van der Waals surface area contributed by atoms with Crippen molar-refractivity contribution >= 4 is 11.7 Å². The molecule has 1 aromatic carbocycles. The van der Waals surface area contributed by atoms with Crippen molar-refractivity contribution in [3.63, 3.8) is 0 Å². The van der Waals surface area contributed by atoms with Gasteiger partial charge in [0.1, 0.15) is 5.75 Å². The minimum absolute atomic E-state index is 0.0761. The molecule has 122 valence electrons. The predicted octanol–water partition coefficient (Wildman–Crippen LogP) is 3.15. The molecular formula is C17H26N2O3. The maximum Gasteiger partial charge on any atom is 0.319 e. The molecule has 1 aromatic rings. The number of nitrogens with one attached hydrogen (secondary N) is 2. The van der Waals surface area contributed by atoms with Crippen LogP contribution in [0.2, 0.25) is 0 Å². The number of carbonyl (C=O) groups is 1. The highest BCUT2D eigenvalue weighted by atomic mass is 16.5. The minimum atomic E-state index is -0.575. The van der Waals surface area contributed by atoms with Gasteiger partial charge in [0.15, 0.2) is 0 Å². The quantitative estimate of drug-likeness (QED) is 0.691. The van der Waals surface area contributed by atoms with Crippen LogP contribution in [0.1, 0.15) is 39.5 Å². The molecule has 1 aliphatic rings. The van der Waals surface area contributed by atoms with Gasteiger partial charge in [-0.1, -0.05) is 26.0 Å². The molecule has 5 nitrogen and oxygen atoms in total. The molecule has 0 spiro atoms. The van der Waals surface area contributed by atoms with Crippen molar-refractivity contribution in [1.82, 2.24) is 5.32 Å². The van der Waals surface area contributed by atoms with E-state index < -0.39 is 5.54 Å². The van der Waals surface area contributed by atoms with Gasteiger partial charge < -0.3 is 20.5 Å². The fourth-order valence-electron chi connectivity index (χ4n) is 2.27. The fraction of sp³-hybridized carbons (Fsp3) is 0.588. The molecule has 22 heavy (non-hydrogen) atoms. The second kappa shape index (κ2) is 7.49. The molecule has 0 aromatic heterocycles. The van der Waals surface area contributed by atoms with Crippen LogP contribution in [0.25, 0.3) is 0 Å². The van der Waals surface area contributed by atoms with Crippen molar-refractivity contribution in [2.24, 2.45) is 5.92 Å². The lowest BCUT2D eigenvalue weighted by atomic mass is 9.94. The number of rotatable bonds is 8. The number of aliphatic hydroxyl groups excluding tert-OH is 1. The molecule has 0 aliphatic heterocycles. The van der Waals surface area contributed by atoms with Crippen LogP contribution >= 0.6 is 0 Å². The van der Waals surface area contributed by atoms with E-state index in [0.717, 1.165) is 0 Å². The third kappa shape index (κ3) is 4.37. The number of ether oxygens (including phenoxy) is 1. The normalized spacial score (nSPS) is 14.5. The van der Waals surface area contributed by atoms with Crippen LogP contribution in [-0.2, 0) is 0 Å². The minimum Gasteiger partial charge on any atom is -0.491 e. The summed E-state index contributed by atoms with van der Waals surface area (Å²) < 4.78 is 5.78. The summed E-state index contributed by atoms with van der Waals surface area (Å²) in [4.78, 5) is 12.2. The Balaban J connectivity index is 1.98. The number of urea groups is 1. The van der Waals surface area contributed by atoms with Crippen LogP contribution in [0, 0.1) is 5.92 Å². The van der Waals surface area contributed by atoms with Gasteiger partial charge in [0, 0.05) is 0 Å². The van der Waals surface area contributed by atoms with E-state index >= 15 is 0 Å². The summed E-state index contributed by atoms with van der Waals surface area (Å²) in [6.45, 7) is 4.53. The number of carbonyl (C=O) groups excluding carboxylic acids is 1. The van der Waals surface area contributed by atoms with Crippen LogP contribution in [0.15, 0.2) is 24.3 Å². The monoisotopic (exact) mass is 306 g/mol. The van der Waals surface area contributed by atoms with E-state index in [2.05, 4.69) is 10.6 Å². The van der Waals surface area contributed by atoms with Gasteiger partial charge in [0.2, 0.25) is 0 Å². The smallest absolute Gasteiger partial charge is 0.319 e. The summed E-state index contributed by atoms with van der Waals surface area (Å²) in [5, 5.41) is 15.2. The lowest BCUT2D eigenvalue weighted by Crippen LogP contribution is -2.52. The van der Waals surface area contributed by atoms with Gasteiger partial charge in [-0.3, -0.25) is 0 Å². The van der Waals surface area contributed by atoms with E-state index in [1.54, 1.807) is 0 Å². The first-order valence-electron chi connectivity index (χ1n) is 8.04. The lowest BCUT2D eigenvalue weighted by molar-refractivity contribution is 0.155. The Kier molecular flexibility index (Phi) is 5.66. The summed E-state index contributed by atoms with van der Waals surface area (Å²) in [5.74, 6) is 1.34. The van der Waals surface area contributed by atoms with Crippen LogP contribution in [0.5, 0.6) is 5.75 Å². The summed E-state index contributed by atoms with van der Waals surface area (Å²) in [6.07, 6.45) is 3.80. The summed E-state index contributed by atoms with van der Waals surface area (Å²) >= 11 is 0. The largest absolute Gasteiger partial charge is 0.491 e. The molecule has 0 unspecified atom stereocenters. The predicted molar refractivity (Wildman–Crippen MR) is 87.2 cm³/mol. The van der Waals surface area contributed by atoms with Crippen LogP contribution in [0.3, 0.4) is 0 Å². The summed E-state index contributed by atoms with van der Waals surface area (Å²) in [7, 11) is 0. The number of amides is 2. The van der Waals surface area contributed by atoms with Gasteiger partial charge in [-0.05, 0) is 43.7 Å².